The van der Waals surface area contributed by atoms with Crippen LogP contribution in [-0.4, -0.2) is 30.5 Å². The zero-order valence-electron chi connectivity index (χ0n) is 11.5. The fourth-order valence-electron chi connectivity index (χ4n) is 2.65. The molecular weight excluding hydrogens is 240 g/mol. The van der Waals surface area contributed by atoms with Crippen LogP contribution in [0.4, 0.5) is 0 Å². The summed E-state index contributed by atoms with van der Waals surface area (Å²) in [6, 6.07) is 8.05. The Morgan fingerprint density at radius 1 is 1.47 bits per heavy atom. The second-order valence-corrected chi connectivity index (χ2v) is 5.28. The summed E-state index contributed by atoms with van der Waals surface area (Å²) in [5.74, 6) is 5.70. The van der Waals surface area contributed by atoms with E-state index in [1.807, 2.05) is 36.1 Å². The van der Waals surface area contributed by atoms with Gasteiger partial charge >= 0.3 is 0 Å². The van der Waals surface area contributed by atoms with Gasteiger partial charge in [0.15, 0.2) is 0 Å². The van der Waals surface area contributed by atoms with Gasteiger partial charge < -0.3 is 9.74 Å². The molecule has 1 heterocycles. The Labute approximate surface area is 114 Å². The van der Waals surface area contributed by atoms with Crippen LogP contribution in [0.2, 0.25) is 0 Å². The molecule has 1 unspecified atom stereocenters. The number of nitrogens with zero attached hydrogens (tertiary/aromatic N) is 1. The second kappa shape index (κ2) is 6.68. The van der Waals surface area contributed by atoms with Crippen molar-refractivity contribution in [2.24, 2.45) is 11.8 Å². The topological polar surface area (TPSA) is 55.6 Å². The van der Waals surface area contributed by atoms with Gasteiger partial charge in [-0.2, -0.15) is 0 Å². The van der Waals surface area contributed by atoms with Crippen molar-refractivity contribution in [3.05, 3.63) is 35.4 Å². The number of hydrogen-bond donors (Lipinski definition) is 1. The van der Waals surface area contributed by atoms with Crippen molar-refractivity contribution in [1.29, 1.82) is 0 Å². The van der Waals surface area contributed by atoms with Crippen molar-refractivity contribution in [2.75, 3.05) is 19.7 Å². The number of carbonyl (C=O) groups excluding carboxylic acids is 1. The molecule has 1 amide bonds. The molecule has 2 rings (SSSR count). The Bertz CT molecular complexity index is 432. The standard InChI is InChI=1S/C15H22N2O2/c1-12-5-2-3-7-14(12)9-15(18)17-8-4-6-13(10-17)11-19-16/h2-3,5,7,13H,4,6,8-11,16H2,1H3. The Balaban J connectivity index is 1.94. The maximum absolute atomic E-state index is 12.3. The van der Waals surface area contributed by atoms with E-state index in [2.05, 4.69) is 0 Å². The van der Waals surface area contributed by atoms with Crippen molar-refractivity contribution >= 4 is 5.91 Å². The van der Waals surface area contributed by atoms with Gasteiger partial charge in [0.05, 0.1) is 13.0 Å². The molecule has 1 aliphatic heterocycles. The molecule has 1 aromatic rings. The highest BCUT2D eigenvalue weighted by molar-refractivity contribution is 5.79. The quantitative estimate of drug-likeness (QED) is 0.840. The third kappa shape index (κ3) is 3.78. The summed E-state index contributed by atoms with van der Waals surface area (Å²) in [6.07, 6.45) is 2.61. The second-order valence-electron chi connectivity index (χ2n) is 5.28. The molecule has 0 bridgehead atoms. The molecule has 2 N–H and O–H groups in total. The molecule has 1 aliphatic rings. The number of carbonyl (C=O) groups is 1. The minimum Gasteiger partial charge on any atom is -0.342 e. The van der Waals surface area contributed by atoms with Crippen molar-refractivity contribution in [3.63, 3.8) is 0 Å². The van der Waals surface area contributed by atoms with Crippen LogP contribution in [0.25, 0.3) is 0 Å². The molecule has 0 spiro atoms. The first kappa shape index (κ1) is 14.0. The van der Waals surface area contributed by atoms with Crippen LogP contribution in [0.5, 0.6) is 0 Å². The van der Waals surface area contributed by atoms with Crippen molar-refractivity contribution in [2.45, 2.75) is 26.2 Å². The van der Waals surface area contributed by atoms with E-state index in [0.717, 1.165) is 31.5 Å². The normalized spacial score (nSPS) is 19.5. The molecule has 104 valence electrons. The number of amides is 1. The molecule has 1 atom stereocenters. The van der Waals surface area contributed by atoms with Crippen LogP contribution in [0.1, 0.15) is 24.0 Å². The predicted molar refractivity (Wildman–Crippen MR) is 74.3 cm³/mol. The third-order valence-electron chi connectivity index (χ3n) is 3.81. The molecular formula is C15H22N2O2. The molecule has 1 fully saturated rings. The van der Waals surface area contributed by atoms with Crippen LogP contribution in [0.3, 0.4) is 0 Å². The van der Waals surface area contributed by atoms with E-state index in [1.165, 1.54) is 5.56 Å². The van der Waals surface area contributed by atoms with Crippen LogP contribution in [-0.2, 0) is 16.1 Å². The highest BCUT2D eigenvalue weighted by Crippen LogP contribution is 2.18. The molecule has 0 saturated carbocycles. The van der Waals surface area contributed by atoms with Gasteiger partial charge in [0.25, 0.3) is 0 Å². The predicted octanol–water partition coefficient (Wildman–Crippen LogP) is 1.67. The smallest absolute Gasteiger partial charge is 0.227 e. The van der Waals surface area contributed by atoms with E-state index in [1.54, 1.807) is 0 Å². The maximum atomic E-state index is 12.3. The van der Waals surface area contributed by atoms with Gasteiger partial charge in [0.2, 0.25) is 5.91 Å². The summed E-state index contributed by atoms with van der Waals surface area (Å²) < 4.78 is 0. The van der Waals surface area contributed by atoms with Gasteiger partial charge in [-0.1, -0.05) is 24.3 Å². The van der Waals surface area contributed by atoms with Crippen LogP contribution in [0.15, 0.2) is 24.3 Å². The van der Waals surface area contributed by atoms with Gasteiger partial charge in [-0.15, -0.1) is 0 Å². The first-order valence-electron chi connectivity index (χ1n) is 6.84. The lowest BCUT2D eigenvalue weighted by atomic mass is 9.98. The molecule has 0 radical (unpaired) electrons. The van der Waals surface area contributed by atoms with E-state index in [9.17, 15) is 4.79 Å². The van der Waals surface area contributed by atoms with Gasteiger partial charge in [-0.25, -0.2) is 5.90 Å². The largest absolute Gasteiger partial charge is 0.342 e. The summed E-state index contributed by atoms with van der Waals surface area (Å²) in [6.45, 7) is 4.20. The Morgan fingerprint density at radius 2 is 2.26 bits per heavy atom. The minimum atomic E-state index is 0.205. The van der Waals surface area contributed by atoms with Crippen LogP contribution >= 0.6 is 0 Å². The summed E-state index contributed by atoms with van der Waals surface area (Å²) in [5, 5.41) is 0. The summed E-state index contributed by atoms with van der Waals surface area (Å²) >= 11 is 0. The van der Waals surface area contributed by atoms with Gasteiger partial charge in [0.1, 0.15) is 0 Å². The first-order chi connectivity index (χ1) is 9.20. The third-order valence-corrected chi connectivity index (χ3v) is 3.81. The number of rotatable bonds is 4. The number of likely N-dealkylation sites (tertiary alicyclic amines) is 1. The number of aryl methyl sites for hydroxylation is 1. The van der Waals surface area contributed by atoms with E-state index in [0.29, 0.717) is 18.9 Å². The monoisotopic (exact) mass is 262 g/mol. The lowest BCUT2D eigenvalue weighted by molar-refractivity contribution is -0.132. The molecule has 0 aliphatic carbocycles. The van der Waals surface area contributed by atoms with Crippen LogP contribution < -0.4 is 5.90 Å². The maximum Gasteiger partial charge on any atom is 0.227 e. The fourth-order valence-corrected chi connectivity index (χ4v) is 2.65. The summed E-state index contributed by atoms with van der Waals surface area (Å²) in [5.41, 5.74) is 2.29. The lowest BCUT2D eigenvalue weighted by Crippen LogP contribution is -2.42. The molecule has 1 saturated heterocycles. The van der Waals surface area contributed by atoms with Crippen molar-refractivity contribution < 1.29 is 9.63 Å². The van der Waals surface area contributed by atoms with E-state index in [4.69, 9.17) is 10.7 Å². The molecule has 4 heteroatoms. The Hall–Kier alpha value is -1.39. The number of hydrogen-bond acceptors (Lipinski definition) is 3. The van der Waals surface area contributed by atoms with E-state index in [-0.39, 0.29) is 5.91 Å². The zero-order valence-corrected chi connectivity index (χ0v) is 11.5. The van der Waals surface area contributed by atoms with Crippen molar-refractivity contribution in [1.82, 2.24) is 4.90 Å². The fraction of sp³-hybridized carbons (Fsp3) is 0.533. The molecule has 19 heavy (non-hydrogen) atoms. The number of benzene rings is 1. The molecule has 1 aromatic carbocycles. The summed E-state index contributed by atoms with van der Waals surface area (Å²) in [4.78, 5) is 19.0. The highest BCUT2D eigenvalue weighted by atomic mass is 16.6. The summed E-state index contributed by atoms with van der Waals surface area (Å²) in [7, 11) is 0. The zero-order chi connectivity index (χ0) is 13.7. The van der Waals surface area contributed by atoms with Gasteiger partial charge in [0, 0.05) is 19.0 Å². The van der Waals surface area contributed by atoms with Gasteiger partial charge in [-0.3, -0.25) is 4.79 Å². The molecule has 4 nitrogen and oxygen atoms in total. The average Bonchev–Trinajstić information content (AvgIpc) is 2.42. The van der Waals surface area contributed by atoms with Crippen LogP contribution in [0, 0.1) is 12.8 Å². The van der Waals surface area contributed by atoms with E-state index >= 15 is 0 Å². The molecule has 0 aromatic heterocycles. The SMILES string of the molecule is Cc1ccccc1CC(=O)N1CCCC(CON)C1. The minimum absolute atomic E-state index is 0.205. The van der Waals surface area contributed by atoms with Gasteiger partial charge in [-0.05, 0) is 30.9 Å². The lowest BCUT2D eigenvalue weighted by Gasteiger charge is -2.32. The Morgan fingerprint density at radius 3 is 3.00 bits per heavy atom. The average molecular weight is 262 g/mol. The number of piperidine rings is 1. The highest BCUT2D eigenvalue weighted by Gasteiger charge is 2.23. The first-order valence-corrected chi connectivity index (χ1v) is 6.84. The van der Waals surface area contributed by atoms with Crippen molar-refractivity contribution in [3.8, 4) is 0 Å². The Kier molecular flexibility index (Phi) is 4.93. The number of nitrogens with two attached hydrogens (primary N) is 1. The van der Waals surface area contributed by atoms with E-state index < -0.39 is 0 Å².